The number of halogens is 1. The lowest BCUT2D eigenvalue weighted by atomic mass is 9.93. The third kappa shape index (κ3) is 4.50. The van der Waals surface area contributed by atoms with Crippen molar-refractivity contribution in [2.45, 2.75) is 58.5 Å². The van der Waals surface area contributed by atoms with Crippen molar-refractivity contribution >= 4 is 17.9 Å². The third-order valence-corrected chi connectivity index (χ3v) is 5.60. The van der Waals surface area contributed by atoms with E-state index in [4.69, 9.17) is 17.3 Å². The number of hydrogen-bond donors (Lipinski definition) is 2. The molecule has 1 heterocycles. The first-order chi connectivity index (χ1) is 13.4. The molecule has 0 saturated carbocycles. The Labute approximate surface area is 174 Å². The van der Waals surface area contributed by atoms with Crippen molar-refractivity contribution < 1.29 is 4.79 Å². The fourth-order valence-corrected chi connectivity index (χ4v) is 4.09. The summed E-state index contributed by atoms with van der Waals surface area (Å²) in [5.41, 5.74) is 12.5. The molecule has 0 aromatic rings. The number of nitrogens with two attached hydrogens (primary N) is 1. The normalized spacial score (nSPS) is 22.3. The lowest BCUT2D eigenvalue weighted by Gasteiger charge is -2.33. The Morgan fingerprint density at radius 2 is 2.18 bits per heavy atom. The average Bonchev–Trinajstić information content (AvgIpc) is 2.98. The summed E-state index contributed by atoms with van der Waals surface area (Å²) in [7, 11) is 1.94. The summed E-state index contributed by atoms with van der Waals surface area (Å²) < 4.78 is 0. The molecule has 5 heteroatoms. The van der Waals surface area contributed by atoms with Crippen molar-refractivity contribution in [1.29, 1.82) is 0 Å². The average molecular weight is 402 g/mol. The molecule has 0 radical (unpaired) electrons. The Morgan fingerprint density at radius 1 is 1.46 bits per heavy atom. The molecule has 152 valence electrons. The van der Waals surface area contributed by atoms with Crippen molar-refractivity contribution in [3.05, 3.63) is 69.7 Å². The van der Waals surface area contributed by atoms with Gasteiger partial charge in [-0.2, -0.15) is 0 Å². The molecular weight excluding hydrogens is 370 g/mol. The Kier molecular flexibility index (Phi) is 7.90. The van der Waals surface area contributed by atoms with E-state index in [-0.39, 0.29) is 12.1 Å². The highest BCUT2D eigenvalue weighted by Crippen LogP contribution is 2.42. The van der Waals surface area contributed by atoms with E-state index in [1.165, 1.54) is 5.57 Å². The molecule has 0 aromatic heterocycles. The summed E-state index contributed by atoms with van der Waals surface area (Å²) in [6.45, 7) is 10.3. The molecule has 1 aliphatic carbocycles. The monoisotopic (exact) mass is 401 g/mol. The number of rotatable bonds is 8. The lowest BCUT2D eigenvalue weighted by molar-refractivity contribution is -0.104. The molecule has 0 aromatic carbocycles. The quantitative estimate of drug-likeness (QED) is 0.352. The van der Waals surface area contributed by atoms with Gasteiger partial charge in [0.25, 0.3) is 0 Å². The summed E-state index contributed by atoms with van der Waals surface area (Å²) >= 11 is 6.20. The van der Waals surface area contributed by atoms with Gasteiger partial charge < -0.3 is 16.0 Å². The highest BCUT2D eigenvalue weighted by atomic mass is 35.5. The molecule has 3 N–H and O–H groups in total. The van der Waals surface area contributed by atoms with Crippen LogP contribution < -0.4 is 11.1 Å². The van der Waals surface area contributed by atoms with Gasteiger partial charge in [0.1, 0.15) is 6.29 Å². The van der Waals surface area contributed by atoms with E-state index < -0.39 is 0 Å². The second kappa shape index (κ2) is 9.94. The molecular formula is C23H32ClN3O. The maximum Gasteiger partial charge on any atom is 0.145 e. The molecule has 0 bridgehead atoms. The van der Waals surface area contributed by atoms with Crippen LogP contribution in [0.25, 0.3) is 0 Å². The van der Waals surface area contributed by atoms with Crippen LogP contribution in [0.2, 0.25) is 0 Å². The number of carbonyl (C=O) groups is 1. The molecule has 2 aliphatic rings. The third-order valence-electron chi connectivity index (χ3n) is 5.28. The van der Waals surface area contributed by atoms with E-state index in [0.29, 0.717) is 5.57 Å². The zero-order chi connectivity index (χ0) is 20.8. The molecule has 0 saturated heterocycles. The van der Waals surface area contributed by atoms with Crippen LogP contribution in [0.4, 0.5) is 0 Å². The van der Waals surface area contributed by atoms with E-state index in [2.05, 4.69) is 29.8 Å². The molecule has 0 amide bonds. The Hall–Kier alpha value is -2.04. The second-order valence-corrected chi connectivity index (χ2v) is 7.75. The van der Waals surface area contributed by atoms with Crippen molar-refractivity contribution in [2.75, 3.05) is 7.05 Å². The first-order valence-corrected chi connectivity index (χ1v) is 10.3. The molecule has 0 spiro atoms. The predicted octanol–water partition coefficient (Wildman–Crippen LogP) is 4.68. The number of carbonyl (C=O) groups excluding carboxylic acids is 1. The molecule has 2 atom stereocenters. The van der Waals surface area contributed by atoms with Gasteiger partial charge in [-0.3, -0.25) is 4.79 Å². The van der Waals surface area contributed by atoms with Crippen molar-refractivity contribution in [1.82, 2.24) is 10.2 Å². The van der Waals surface area contributed by atoms with Gasteiger partial charge in [-0.25, -0.2) is 0 Å². The number of nitrogens with zero attached hydrogens (tertiary/aromatic N) is 1. The largest absolute Gasteiger partial charge is 0.389 e. The summed E-state index contributed by atoms with van der Waals surface area (Å²) in [5.74, 6) is 0. The highest BCUT2D eigenvalue weighted by molar-refractivity contribution is 6.29. The van der Waals surface area contributed by atoms with Crippen LogP contribution >= 0.6 is 11.6 Å². The summed E-state index contributed by atoms with van der Waals surface area (Å²) in [4.78, 5) is 13.4. The number of allylic oxidation sites excluding steroid dienone is 6. The summed E-state index contributed by atoms with van der Waals surface area (Å²) in [6.07, 6.45) is 12.4. The summed E-state index contributed by atoms with van der Waals surface area (Å²) in [5, 5.41) is 4.27. The van der Waals surface area contributed by atoms with Gasteiger partial charge in [0, 0.05) is 40.8 Å². The molecule has 0 fully saturated rings. The first kappa shape index (κ1) is 22.3. The van der Waals surface area contributed by atoms with Crippen LogP contribution in [0.5, 0.6) is 0 Å². The van der Waals surface area contributed by atoms with Crippen LogP contribution in [-0.2, 0) is 4.79 Å². The Morgan fingerprint density at radius 3 is 2.68 bits per heavy atom. The Balaban J connectivity index is 2.63. The van der Waals surface area contributed by atoms with Crippen molar-refractivity contribution in [3.63, 3.8) is 0 Å². The van der Waals surface area contributed by atoms with E-state index in [9.17, 15) is 4.79 Å². The van der Waals surface area contributed by atoms with Crippen molar-refractivity contribution in [3.8, 4) is 0 Å². The van der Waals surface area contributed by atoms with Gasteiger partial charge in [0.15, 0.2) is 0 Å². The molecule has 2 rings (SSSR count). The summed E-state index contributed by atoms with van der Waals surface area (Å²) in [6, 6.07) is -0.122. The van der Waals surface area contributed by atoms with Crippen LogP contribution in [0, 0.1) is 0 Å². The molecule has 1 aliphatic heterocycles. The van der Waals surface area contributed by atoms with Crippen LogP contribution in [0.15, 0.2) is 69.7 Å². The van der Waals surface area contributed by atoms with E-state index in [1.807, 2.05) is 39.1 Å². The van der Waals surface area contributed by atoms with Crippen LogP contribution in [0.3, 0.4) is 0 Å². The van der Waals surface area contributed by atoms with Gasteiger partial charge in [0.2, 0.25) is 0 Å². The predicted molar refractivity (Wildman–Crippen MR) is 119 cm³/mol. The number of hydrogen-bond acceptors (Lipinski definition) is 4. The SMILES string of the molecule is C=C1C(C(N)CCC)=C(NC)C(C2=CC=C(Cl)CC2)N1C(/C=C(/C)C=O)=C/C. The maximum absolute atomic E-state index is 11.2. The number of nitrogens with one attached hydrogen (secondary N) is 1. The molecule has 4 nitrogen and oxygen atoms in total. The van der Waals surface area contributed by atoms with Crippen molar-refractivity contribution in [2.24, 2.45) is 5.73 Å². The van der Waals surface area contributed by atoms with E-state index >= 15 is 0 Å². The number of likely N-dealkylation sites (N-methyl/N-ethyl adjacent to an activating group) is 1. The van der Waals surface area contributed by atoms with E-state index in [1.54, 1.807) is 0 Å². The number of aldehydes is 1. The van der Waals surface area contributed by atoms with Gasteiger partial charge in [-0.1, -0.05) is 43.7 Å². The zero-order valence-electron chi connectivity index (χ0n) is 17.4. The maximum atomic E-state index is 11.2. The Bertz CT molecular complexity index is 786. The first-order valence-electron chi connectivity index (χ1n) is 9.90. The standard InChI is InChI=1S/C23H32ClN3O/c1-6-8-20(25)21-16(4)27(19(7-2)13-15(3)14-28)23(22(21)26-5)17-9-11-18(24)12-10-17/h7,9,11,13-14,20,23,26H,4,6,8,10,12,25H2,1-3,5H3/b15-13-,19-7+. The van der Waals surface area contributed by atoms with Gasteiger partial charge in [0.05, 0.1) is 6.04 Å². The van der Waals surface area contributed by atoms with Gasteiger partial charge >= 0.3 is 0 Å². The topological polar surface area (TPSA) is 58.4 Å². The minimum atomic E-state index is -0.0926. The fraction of sp³-hybridized carbons (Fsp3) is 0.435. The zero-order valence-corrected chi connectivity index (χ0v) is 18.1. The minimum absolute atomic E-state index is 0.0293. The van der Waals surface area contributed by atoms with Crippen LogP contribution in [0.1, 0.15) is 46.5 Å². The van der Waals surface area contributed by atoms with E-state index in [0.717, 1.165) is 59.7 Å². The lowest BCUT2D eigenvalue weighted by Crippen LogP contribution is -2.35. The second-order valence-electron chi connectivity index (χ2n) is 7.27. The molecule has 2 unspecified atom stereocenters. The minimum Gasteiger partial charge on any atom is -0.389 e. The smallest absolute Gasteiger partial charge is 0.145 e. The van der Waals surface area contributed by atoms with Gasteiger partial charge in [-0.15, -0.1) is 0 Å². The fourth-order valence-electron chi connectivity index (χ4n) is 3.93. The highest BCUT2D eigenvalue weighted by Gasteiger charge is 2.40. The molecule has 28 heavy (non-hydrogen) atoms. The van der Waals surface area contributed by atoms with Gasteiger partial charge in [-0.05, 0) is 56.4 Å². The van der Waals surface area contributed by atoms with Crippen LogP contribution in [-0.4, -0.2) is 30.3 Å².